The maximum atomic E-state index is 12.9. The van der Waals surface area contributed by atoms with Gasteiger partial charge in [0.05, 0.1) is 12.5 Å². The molecule has 2 heterocycles. The highest BCUT2D eigenvalue weighted by Crippen LogP contribution is 2.17. The van der Waals surface area contributed by atoms with E-state index in [-0.39, 0.29) is 25.4 Å². The lowest BCUT2D eigenvalue weighted by Gasteiger charge is -2.15. The second-order valence-electron chi connectivity index (χ2n) is 11.6. The number of carbonyl (C=O) groups excluding carboxylic acids is 2. The minimum atomic E-state index is -0.442. The van der Waals surface area contributed by atoms with Gasteiger partial charge in [-0.25, -0.2) is 4.98 Å². The van der Waals surface area contributed by atoms with Crippen molar-refractivity contribution in [1.82, 2.24) is 19.9 Å². The van der Waals surface area contributed by atoms with Crippen molar-refractivity contribution in [3.63, 3.8) is 0 Å². The number of amides is 1. The number of ether oxygens (including phenoxy) is 1. The van der Waals surface area contributed by atoms with Gasteiger partial charge in [0, 0.05) is 42.7 Å². The van der Waals surface area contributed by atoms with E-state index >= 15 is 0 Å². The number of hydrogen-bond donors (Lipinski definition) is 2. The van der Waals surface area contributed by atoms with Crippen LogP contribution >= 0.6 is 0 Å². The van der Waals surface area contributed by atoms with Crippen molar-refractivity contribution < 1.29 is 23.8 Å². The molecule has 0 saturated carbocycles. The minimum absolute atomic E-state index is 0.0369. The first-order valence-electron chi connectivity index (χ1n) is 17.1. The summed E-state index contributed by atoms with van der Waals surface area (Å²) in [6.07, 6.45) is 20.8. The molecule has 2 N–H and O–H groups in total. The van der Waals surface area contributed by atoms with E-state index in [1.54, 1.807) is 62.1 Å². The van der Waals surface area contributed by atoms with Crippen LogP contribution in [0, 0.1) is 5.92 Å². The number of carbonyl (C=O) groups is 2. The molecule has 0 aliphatic heterocycles. The number of allylic oxidation sites excluding steroid dienone is 6. The fourth-order valence-corrected chi connectivity index (χ4v) is 4.63. The van der Waals surface area contributed by atoms with E-state index in [9.17, 15) is 18.9 Å². The molecule has 0 saturated heterocycles. The van der Waals surface area contributed by atoms with Crippen LogP contribution in [-0.2, 0) is 27.4 Å². The Bertz CT molecular complexity index is 1830. The fraction of sp³-hybridized carbons (Fsp3) is 0.293. The predicted octanol–water partition coefficient (Wildman–Crippen LogP) is 7.93. The minimum Gasteiger partial charge on any atom is -0.465 e. The molecule has 0 spiro atoms. The third-order valence-corrected chi connectivity index (χ3v) is 7.75. The van der Waals surface area contributed by atoms with Crippen LogP contribution in [0.15, 0.2) is 109 Å². The Balaban J connectivity index is 0.000000460. The quantitative estimate of drug-likeness (QED) is 0.0730. The lowest BCUT2D eigenvalue weighted by molar-refractivity contribution is -0.124. The first kappa shape index (κ1) is 42.5. The molecule has 3 rings (SSSR count). The van der Waals surface area contributed by atoms with E-state index in [1.165, 1.54) is 10.8 Å². The first-order chi connectivity index (χ1) is 25.1. The molecule has 2 aromatic heterocycles. The Labute approximate surface area is 306 Å². The molecule has 1 amide bonds. The number of aromatic nitrogens is 3. The van der Waals surface area contributed by atoms with Crippen molar-refractivity contribution in [2.45, 2.75) is 53.5 Å². The number of nitrogens with zero attached hydrogens (tertiary/aromatic N) is 3. The van der Waals surface area contributed by atoms with E-state index in [2.05, 4.69) is 59.5 Å². The molecule has 0 radical (unpaired) electrons. The normalized spacial score (nSPS) is 12.2. The van der Waals surface area contributed by atoms with Crippen LogP contribution in [0.1, 0.15) is 73.4 Å². The summed E-state index contributed by atoms with van der Waals surface area (Å²) in [6.45, 7) is 15.2. The zero-order valence-electron chi connectivity index (χ0n) is 30.7. The molecule has 1 unspecified atom stereocenters. The fourth-order valence-electron chi connectivity index (χ4n) is 4.63. The number of nitrogens with one attached hydrogen (secondary N) is 2. The smallest absolute Gasteiger partial charge is 0.277 e. The summed E-state index contributed by atoms with van der Waals surface area (Å²) in [4.78, 5) is 48.7. The van der Waals surface area contributed by atoms with E-state index < -0.39 is 11.5 Å². The highest BCUT2D eigenvalue weighted by Gasteiger charge is 2.15. The lowest BCUT2D eigenvalue weighted by Crippen LogP contribution is -2.36. The van der Waals surface area contributed by atoms with Gasteiger partial charge in [0.15, 0.2) is 0 Å². The van der Waals surface area contributed by atoms with E-state index in [1.807, 2.05) is 37.3 Å². The second kappa shape index (κ2) is 23.7. The standard InChI is InChI=1S/C26H32FN5O3.C15H18O2/c1-5-8-10-20(7-3)25-31-16-23(28-4)26(34)32(25)17-24(33)30-14-19(18-35-27)13-22-15-29-12-11-21(22)9-6-2;1-4-12(2)8-9-17-13(3)15-7-5-6-14(10-15)11-16/h5,7-8,10-13,15-16,28H,3,6,9,14,17-18H2,1-2,4H3,(H,30,33);5-12H,3-4H2,1-2H3/b8-5-,19-13-,20-10+;9-8-. The van der Waals surface area contributed by atoms with Crippen molar-refractivity contribution in [3.05, 3.63) is 143 Å². The number of aldehydes is 1. The first-order valence-corrected chi connectivity index (χ1v) is 17.1. The number of pyridine rings is 1. The van der Waals surface area contributed by atoms with Crippen LogP contribution in [0.3, 0.4) is 0 Å². The summed E-state index contributed by atoms with van der Waals surface area (Å²) in [6, 6.07) is 9.10. The number of hydrogen-bond acceptors (Lipinski definition) is 8. The van der Waals surface area contributed by atoms with Crippen LogP contribution in [0.4, 0.5) is 10.2 Å². The Morgan fingerprint density at radius 2 is 1.98 bits per heavy atom. The van der Waals surface area contributed by atoms with E-state index in [4.69, 9.17) is 4.74 Å². The summed E-state index contributed by atoms with van der Waals surface area (Å²) in [5, 5.41) is 5.52. The predicted molar refractivity (Wildman–Crippen MR) is 208 cm³/mol. The molecule has 11 heteroatoms. The van der Waals surface area contributed by atoms with Crippen LogP contribution < -0.4 is 16.2 Å². The third kappa shape index (κ3) is 13.9. The zero-order chi connectivity index (χ0) is 38.3. The summed E-state index contributed by atoms with van der Waals surface area (Å²) in [5.41, 5.74) is 4.31. The highest BCUT2D eigenvalue weighted by atomic mass is 19.3. The van der Waals surface area contributed by atoms with Gasteiger partial charge in [-0.1, -0.05) is 82.9 Å². The Kier molecular flexibility index (Phi) is 19.3. The van der Waals surface area contributed by atoms with Crippen molar-refractivity contribution in [3.8, 4) is 0 Å². The number of anilines is 1. The molecular weight excluding hydrogens is 661 g/mol. The molecule has 1 aromatic carbocycles. The van der Waals surface area contributed by atoms with Crippen molar-refractivity contribution in [2.24, 2.45) is 5.92 Å². The third-order valence-electron chi connectivity index (χ3n) is 7.75. The van der Waals surface area contributed by atoms with Crippen LogP contribution in [-0.4, -0.2) is 46.9 Å². The number of rotatable bonds is 19. The van der Waals surface area contributed by atoms with Crippen LogP contribution in [0.5, 0.6) is 0 Å². The molecule has 0 bridgehead atoms. The van der Waals surface area contributed by atoms with Gasteiger partial charge in [-0.2, -0.15) is 4.94 Å². The Morgan fingerprint density at radius 1 is 1.19 bits per heavy atom. The maximum Gasteiger partial charge on any atom is 0.277 e. The lowest BCUT2D eigenvalue weighted by atomic mass is 10.0. The SMILES string of the molecule is C=C(O/C=C\C(C)CC)c1cccc(C=O)c1.C=C/C(=C\C=C/C)c1ncc(NC)c(=O)n1CC(=O)NC/C(=C/c1cnccc1CCC)COF. The van der Waals surface area contributed by atoms with Crippen LogP contribution in [0.2, 0.25) is 0 Å². The number of benzene rings is 1. The van der Waals surface area contributed by atoms with Gasteiger partial charge >= 0.3 is 0 Å². The Hall–Kier alpha value is -5.68. The summed E-state index contributed by atoms with van der Waals surface area (Å²) >= 11 is 0. The van der Waals surface area contributed by atoms with Crippen LogP contribution in [0.25, 0.3) is 17.4 Å². The van der Waals surface area contributed by atoms with Gasteiger partial charge in [0.25, 0.3) is 5.56 Å². The van der Waals surface area contributed by atoms with Crippen molar-refractivity contribution in [1.29, 1.82) is 0 Å². The van der Waals surface area contributed by atoms with Gasteiger partial charge < -0.3 is 15.4 Å². The second-order valence-corrected chi connectivity index (χ2v) is 11.6. The maximum absolute atomic E-state index is 12.9. The Morgan fingerprint density at radius 3 is 2.63 bits per heavy atom. The van der Waals surface area contributed by atoms with Gasteiger partial charge in [-0.05, 0) is 71.2 Å². The molecule has 52 heavy (non-hydrogen) atoms. The average molecular weight is 712 g/mol. The molecular formula is C41H50FN5O5. The van der Waals surface area contributed by atoms with Gasteiger partial charge in [-0.15, -0.1) is 0 Å². The number of halogens is 1. The summed E-state index contributed by atoms with van der Waals surface area (Å²) in [7, 11) is 1.60. The topological polar surface area (TPSA) is 124 Å². The zero-order valence-corrected chi connectivity index (χ0v) is 30.7. The number of aryl methyl sites for hydroxylation is 1. The van der Waals surface area contributed by atoms with Crippen molar-refractivity contribution >= 4 is 35.3 Å². The van der Waals surface area contributed by atoms with E-state index in [0.717, 1.165) is 42.2 Å². The molecule has 10 nitrogen and oxygen atoms in total. The van der Waals surface area contributed by atoms with Gasteiger partial charge in [0.2, 0.25) is 5.91 Å². The molecule has 276 valence electrons. The summed E-state index contributed by atoms with van der Waals surface area (Å²) in [5.74, 6) is 0.902. The summed E-state index contributed by atoms with van der Waals surface area (Å²) < 4.78 is 19.4. The molecule has 0 fully saturated rings. The van der Waals surface area contributed by atoms with Crippen molar-refractivity contribution in [2.75, 3.05) is 25.5 Å². The average Bonchev–Trinajstić information content (AvgIpc) is 3.16. The largest absolute Gasteiger partial charge is 0.465 e. The van der Waals surface area contributed by atoms with Gasteiger partial charge in [-0.3, -0.25) is 23.9 Å². The van der Waals surface area contributed by atoms with E-state index in [0.29, 0.717) is 34.2 Å². The molecule has 3 aromatic rings. The molecule has 0 aliphatic rings. The molecule has 1 atom stereocenters. The highest BCUT2D eigenvalue weighted by molar-refractivity contribution is 5.78. The van der Waals surface area contributed by atoms with Gasteiger partial charge in [0.1, 0.15) is 36.7 Å². The monoisotopic (exact) mass is 711 g/mol. The molecule has 0 aliphatic carbocycles.